The summed E-state index contributed by atoms with van der Waals surface area (Å²) < 4.78 is 13.4. The van der Waals surface area contributed by atoms with Crippen LogP contribution in [0.3, 0.4) is 0 Å². The zero-order valence-electron chi connectivity index (χ0n) is 28.3. The second-order valence-corrected chi connectivity index (χ2v) is 15.2. The van der Waals surface area contributed by atoms with Gasteiger partial charge in [0.2, 0.25) is 0 Å². The molecule has 0 aromatic heterocycles. The Labute approximate surface area is 270 Å². The van der Waals surface area contributed by atoms with Crippen molar-refractivity contribution in [2.45, 2.75) is 147 Å². The van der Waals surface area contributed by atoms with Crippen LogP contribution in [0.25, 0.3) is 0 Å². The van der Waals surface area contributed by atoms with Crippen LogP contribution in [0, 0.1) is 5.92 Å². The quantitative estimate of drug-likeness (QED) is 0.194. The number of allylic oxidation sites excluding steroid dienone is 3. The summed E-state index contributed by atoms with van der Waals surface area (Å²) in [6, 6.07) is 8.08. The minimum Gasteiger partial charge on any atom is -0.508 e. The lowest BCUT2D eigenvalue weighted by Crippen LogP contribution is -2.62. The van der Waals surface area contributed by atoms with Crippen molar-refractivity contribution in [1.29, 1.82) is 0 Å². The number of fused-ring (bicyclic) bond motifs is 6. The van der Waals surface area contributed by atoms with Crippen molar-refractivity contribution in [2.75, 3.05) is 0 Å². The van der Waals surface area contributed by atoms with E-state index in [0.29, 0.717) is 24.3 Å². The molecule has 244 valence electrons. The van der Waals surface area contributed by atoms with E-state index in [1.807, 2.05) is 12.1 Å². The standard InChI is InChI=1S/C40H54O5/c1-7-9-10-12-28-22-32(41)36-29-20-26(13-14-30(29)38(4,5)44-34(36)24-28)16-17-39(6)40(43)18-15-25(3)19-31(40)37-33(42)21-27(11-8-2)23-35(37)45-39/h13,19,21-24,29-31,41-43H,7-12,14-18,20H2,1-6H3/t29-,30-,31+,39?,40+/m1/s1. The number of aryl methyl sites for hydroxylation is 2. The van der Waals surface area contributed by atoms with E-state index in [9.17, 15) is 15.3 Å². The lowest BCUT2D eigenvalue weighted by Gasteiger charge is -2.54. The molecule has 5 nitrogen and oxygen atoms in total. The third-order valence-corrected chi connectivity index (χ3v) is 11.6. The van der Waals surface area contributed by atoms with Crippen molar-refractivity contribution in [1.82, 2.24) is 0 Å². The number of benzene rings is 2. The largest absolute Gasteiger partial charge is 0.508 e. The monoisotopic (exact) mass is 614 g/mol. The predicted molar refractivity (Wildman–Crippen MR) is 181 cm³/mol. The second kappa shape index (κ2) is 12.0. The molecular formula is C40H54O5. The van der Waals surface area contributed by atoms with Gasteiger partial charge in [0.15, 0.2) is 0 Å². The van der Waals surface area contributed by atoms with E-state index in [1.165, 1.54) is 24.0 Å². The van der Waals surface area contributed by atoms with Gasteiger partial charge in [0.1, 0.15) is 39.8 Å². The third-order valence-electron chi connectivity index (χ3n) is 11.6. The predicted octanol–water partition coefficient (Wildman–Crippen LogP) is 9.56. The Hall–Kier alpha value is -2.92. The van der Waals surface area contributed by atoms with Gasteiger partial charge in [-0.25, -0.2) is 0 Å². The molecule has 4 aliphatic rings. The Morgan fingerprint density at radius 3 is 2.24 bits per heavy atom. The Morgan fingerprint density at radius 2 is 1.53 bits per heavy atom. The summed E-state index contributed by atoms with van der Waals surface area (Å²) in [4.78, 5) is 0. The topological polar surface area (TPSA) is 79.2 Å². The molecule has 0 saturated carbocycles. The summed E-state index contributed by atoms with van der Waals surface area (Å²) in [6.45, 7) is 12.9. The summed E-state index contributed by atoms with van der Waals surface area (Å²) in [5.74, 6) is 2.29. The van der Waals surface area contributed by atoms with Crippen LogP contribution in [0.4, 0.5) is 0 Å². The number of aromatic hydroxyl groups is 2. The van der Waals surface area contributed by atoms with Crippen LogP contribution in [-0.2, 0) is 12.8 Å². The summed E-state index contributed by atoms with van der Waals surface area (Å²) in [7, 11) is 0. The molecule has 0 spiro atoms. The molecule has 2 aliphatic heterocycles. The van der Waals surface area contributed by atoms with Crippen molar-refractivity contribution in [2.24, 2.45) is 5.92 Å². The molecule has 0 amide bonds. The Bertz CT molecular complexity index is 1500. The highest BCUT2D eigenvalue weighted by molar-refractivity contribution is 5.56. The van der Waals surface area contributed by atoms with Crippen molar-refractivity contribution in [3.63, 3.8) is 0 Å². The molecule has 0 saturated heterocycles. The molecule has 2 heterocycles. The van der Waals surface area contributed by atoms with Crippen molar-refractivity contribution < 1.29 is 24.8 Å². The molecule has 2 aliphatic carbocycles. The summed E-state index contributed by atoms with van der Waals surface area (Å²) in [5.41, 5.74) is 4.22. The van der Waals surface area contributed by atoms with E-state index in [2.05, 4.69) is 65.8 Å². The summed E-state index contributed by atoms with van der Waals surface area (Å²) in [6.07, 6.45) is 15.5. The molecule has 2 aromatic rings. The maximum atomic E-state index is 12.5. The van der Waals surface area contributed by atoms with Gasteiger partial charge >= 0.3 is 0 Å². The fourth-order valence-electron chi connectivity index (χ4n) is 8.91. The normalized spacial score (nSPS) is 29.6. The lowest BCUT2D eigenvalue weighted by molar-refractivity contribution is -0.157. The van der Waals surface area contributed by atoms with Gasteiger partial charge in [-0.2, -0.15) is 0 Å². The van der Waals surface area contributed by atoms with Crippen LogP contribution in [0.15, 0.2) is 47.6 Å². The molecule has 5 heteroatoms. The maximum Gasteiger partial charge on any atom is 0.136 e. The van der Waals surface area contributed by atoms with Crippen LogP contribution >= 0.6 is 0 Å². The highest BCUT2D eigenvalue weighted by Crippen LogP contribution is 2.58. The van der Waals surface area contributed by atoms with Gasteiger partial charge < -0.3 is 24.8 Å². The lowest BCUT2D eigenvalue weighted by atomic mass is 9.61. The minimum absolute atomic E-state index is 0.180. The van der Waals surface area contributed by atoms with Crippen molar-refractivity contribution in [3.8, 4) is 23.0 Å². The van der Waals surface area contributed by atoms with E-state index in [-0.39, 0.29) is 29.1 Å². The van der Waals surface area contributed by atoms with Crippen LogP contribution in [0.5, 0.6) is 23.0 Å². The fourth-order valence-corrected chi connectivity index (χ4v) is 8.91. The minimum atomic E-state index is -1.12. The first-order chi connectivity index (χ1) is 21.4. The number of phenols is 2. The van der Waals surface area contributed by atoms with Gasteiger partial charge in [0, 0.05) is 28.9 Å². The van der Waals surface area contributed by atoms with Gasteiger partial charge in [0.05, 0.1) is 0 Å². The molecule has 1 unspecified atom stereocenters. The van der Waals surface area contributed by atoms with Crippen molar-refractivity contribution in [3.05, 3.63) is 69.8 Å². The SMILES string of the molecule is CCCCCc1cc(O)c2c(c1)OC(C)(C)[C@@H]1CC=C(CCC3(C)Oc4cc(CCC)cc(O)c4[C@@H]4C=C(C)CC[C@]43O)C[C@@H]21. The maximum absolute atomic E-state index is 12.5. The number of aliphatic hydroxyl groups is 1. The van der Waals surface area contributed by atoms with Gasteiger partial charge in [-0.05, 0) is 121 Å². The number of rotatable bonds is 9. The Morgan fingerprint density at radius 1 is 0.844 bits per heavy atom. The number of phenolic OH excluding ortho intramolecular Hbond substituents is 2. The van der Waals surface area contributed by atoms with Crippen LogP contribution in [0.2, 0.25) is 0 Å². The first-order valence-electron chi connectivity index (χ1n) is 17.6. The molecule has 0 fully saturated rings. The first kappa shape index (κ1) is 32.0. The van der Waals surface area contributed by atoms with Gasteiger partial charge in [0.25, 0.3) is 0 Å². The van der Waals surface area contributed by atoms with E-state index < -0.39 is 11.2 Å². The van der Waals surface area contributed by atoms with E-state index in [0.717, 1.165) is 79.4 Å². The zero-order valence-corrected chi connectivity index (χ0v) is 28.3. The summed E-state index contributed by atoms with van der Waals surface area (Å²) >= 11 is 0. The van der Waals surface area contributed by atoms with Gasteiger partial charge in [-0.1, -0.05) is 56.4 Å². The second-order valence-electron chi connectivity index (χ2n) is 15.2. The molecule has 6 rings (SSSR count). The van der Waals surface area contributed by atoms with Gasteiger partial charge in [-0.15, -0.1) is 0 Å². The molecule has 3 N–H and O–H groups in total. The highest BCUT2D eigenvalue weighted by Gasteiger charge is 2.59. The van der Waals surface area contributed by atoms with Gasteiger partial charge in [-0.3, -0.25) is 0 Å². The third kappa shape index (κ3) is 5.68. The molecule has 45 heavy (non-hydrogen) atoms. The van der Waals surface area contributed by atoms with E-state index in [1.54, 1.807) is 0 Å². The fraction of sp³-hybridized carbons (Fsp3) is 0.600. The van der Waals surface area contributed by atoms with Crippen LogP contribution in [-0.4, -0.2) is 32.1 Å². The van der Waals surface area contributed by atoms with Crippen LogP contribution < -0.4 is 9.47 Å². The average Bonchev–Trinajstić information content (AvgIpc) is 2.97. The Kier molecular flexibility index (Phi) is 8.56. The molecule has 0 radical (unpaired) electrons. The molecule has 5 atom stereocenters. The smallest absolute Gasteiger partial charge is 0.136 e. The zero-order chi connectivity index (χ0) is 32.1. The van der Waals surface area contributed by atoms with E-state index in [4.69, 9.17) is 9.47 Å². The summed E-state index contributed by atoms with van der Waals surface area (Å²) in [5, 5.41) is 35.0. The van der Waals surface area contributed by atoms with Crippen molar-refractivity contribution >= 4 is 0 Å². The number of hydrogen-bond acceptors (Lipinski definition) is 5. The molecular weight excluding hydrogens is 560 g/mol. The first-order valence-corrected chi connectivity index (χ1v) is 17.6. The number of ether oxygens (including phenoxy) is 2. The number of hydrogen-bond donors (Lipinski definition) is 3. The highest BCUT2D eigenvalue weighted by atomic mass is 16.5. The van der Waals surface area contributed by atoms with E-state index >= 15 is 0 Å². The molecule has 0 bridgehead atoms. The van der Waals surface area contributed by atoms with Crippen LogP contribution in [0.1, 0.15) is 140 Å². The number of unbranched alkanes of at least 4 members (excludes halogenated alkanes) is 2. The Balaban J connectivity index is 1.28. The average molecular weight is 615 g/mol. The molecule has 2 aromatic carbocycles.